The van der Waals surface area contributed by atoms with Gasteiger partial charge in [0, 0.05) is 18.6 Å². The second kappa shape index (κ2) is 5.02. The molecule has 0 aromatic heterocycles. The van der Waals surface area contributed by atoms with Crippen molar-refractivity contribution in [3.05, 3.63) is 35.4 Å². The van der Waals surface area contributed by atoms with Gasteiger partial charge in [-0.05, 0) is 56.2 Å². The van der Waals surface area contributed by atoms with Crippen molar-refractivity contribution in [3.63, 3.8) is 0 Å². The van der Waals surface area contributed by atoms with Gasteiger partial charge in [-0.2, -0.15) is 0 Å². The van der Waals surface area contributed by atoms with Crippen LogP contribution in [0.25, 0.3) is 0 Å². The van der Waals surface area contributed by atoms with Gasteiger partial charge in [-0.15, -0.1) is 0 Å². The first kappa shape index (κ1) is 12.2. The highest BCUT2D eigenvalue weighted by molar-refractivity contribution is 5.30. The molecule has 0 saturated carbocycles. The van der Waals surface area contributed by atoms with Gasteiger partial charge in [0.05, 0.1) is 0 Å². The molecule has 0 radical (unpaired) electrons. The molecule has 1 aliphatic carbocycles. The van der Waals surface area contributed by atoms with Gasteiger partial charge in [-0.25, -0.2) is 0 Å². The Balaban J connectivity index is 1.66. The maximum atomic E-state index is 6.04. The summed E-state index contributed by atoms with van der Waals surface area (Å²) in [6, 6.07) is 10.0. The van der Waals surface area contributed by atoms with Gasteiger partial charge in [0.1, 0.15) is 0 Å². The summed E-state index contributed by atoms with van der Waals surface area (Å²) >= 11 is 0. The van der Waals surface area contributed by atoms with Crippen LogP contribution in [-0.2, 0) is 12.8 Å². The molecule has 3 rings (SSSR count). The minimum Gasteiger partial charge on any atom is -0.328 e. The first-order valence-corrected chi connectivity index (χ1v) is 7.30. The third-order valence-corrected chi connectivity index (χ3v) is 4.84. The number of likely N-dealkylation sites (tertiary alicyclic amines) is 1. The highest BCUT2D eigenvalue weighted by Gasteiger charge is 2.31. The van der Waals surface area contributed by atoms with E-state index in [1.165, 1.54) is 38.8 Å². The minimum atomic E-state index is 0.353. The second-order valence-electron chi connectivity index (χ2n) is 6.07. The molecular formula is C16H24N2. The molecule has 18 heavy (non-hydrogen) atoms. The zero-order valence-corrected chi connectivity index (χ0v) is 11.3. The molecule has 0 bridgehead atoms. The van der Waals surface area contributed by atoms with Crippen molar-refractivity contribution in [1.82, 2.24) is 4.90 Å². The van der Waals surface area contributed by atoms with Crippen LogP contribution in [0.4, 0.5) is 0 Å². The molecule has 2 nitrogen and oxygen atoms in total. The van der Waals surface area contributed by atoms with Gasteiger partial charge in [0.25, 0.3) is 0 Å². The van der Waals surface area contributed by atoms with Crippen LogP contribution in [-0.4, -0.2) is 30.1 Å². The summed E-state index contributed by atoms with van der Waals surface area (Å²) in [7, 11) is 0. The predicted octanol–water partition coefficient (Wildman–Crippen LogP) is 2.21. The summed E-state index contributed by atoms with van der Waals surface area (Å²) < 4.78 is 0. The molecule has 1 fully saturated rings. The maximum absolute atomic E-state index is 6.04. The van der Waals surface area contributed by atoms with Gasteiger partial charge in [0.2, 0.25) is 0 Å². The van der Waals surface area contributed by atoms with Gasteiger partial charge < -0.3 is 5.73 Å². The SMILES string of the molecule is CC(N)C1CCN(C2CCc3ccccc3C2)C1. The van der Waals surface area contributed by atoms with E-state index < -0.39 is 0 Å². The van der Waals surface area contributed by atoms with Crippen LogP contribution in [0.1, 0.15) is 30.9 Å². The van der Waals surface area contributed by atoms with Crippen LogP contribution in [0.15, 0.2) is 24.3 Å². The Bertz CT molecular complexity index is 413. The molecule has 1 saturated heterocycles. The topological polar surface area (TPSA) is 29.3 Å². The molecule has 0 spiro atoms. The number of hydrogen-bond donors (Lipinski definition) is 1. The molecule has 3 unspecified atom stereocenters. The first-order valence-electron chi connectivity index (χ1n) is 7.30. The normalized spacial score (nSPS) is 30.1. The van der Waals surface area contributed by atoms with E-state index in [-0.39, 0.29) is 0 Å². The van der Waals surface area contributed by atoms with Crippen molar-refractivity contribution < 1.29 is 0 Å². The fourth-order valence-electron chi connectivity index (χ4n) is 3.57. The number of nitrogens with two attached hydrogens (primary N) is 1. The van der Waals surface area contributed by atoms with E-state index in [0.29, 0.717) is 12.0 Å². The monoisotopic (exact) mass is 244 g/mol. The molecule has 3 atom stereocenters. The molecule has 2 N–H and O–H groups in total. The molecule has 1 aromatic carbocycles. The van der Waals surface area contributed by atoms with Crippen LogP contribution in [0.2, 0.25) is 0 Å². The predicted molar refractivity (Wildman–Crippen MR) is 75.6 cm³/mol. The fraction of sp³-hybridized carbons (Fsp3) is 0.625. The number of nitrogens with zero attached hydrogens (tertiary/aromatic N) is 1. The van der Waals surface area contributed by atoms with Crippen molar-refractivity contribution >= 4 is 0 Å². The Hall–Kier alpha value is -0.860. The lowest BCUT2D eigenvalue weighted by molar-refractivity contribution is 0.211. The van der Waals surface area contributed by atoms with Gasteiger partial charge in [0.15, 0.2) is 0 Å². The van der Waals surface area contributed by atoms with E-state index in [1.807, 2.05) is 0 Å². The first-order chi connectivity index (χ1) is 8.74. The highest BCUT2D eigenvalue weighted by Crippen LogP contribution is 2.28. The van der Waals surface area contributed by atoms with Crippen molar-refractivity contribution in [2.45, 2.75) is 44.7 Å². The molecule has 0 amide bonds. The Morgan fingerprint density at radius 1 is 1.22 bits per heavy atom. The maximum Gasteiger partial charge on any atom is 0.0139 e. The lowest BCUT2D eigenvalue weighted by Crippen LogP contribution is -2.39. The lowest BCUT2D eigenvalue weighted by atomic mass is 9.87. The molecule has 1 heterocycles. The average Bonchev–Trinajstić information content (AvgIpc) is 2.88. The van der Waals surface area contributed by atoms with E-state index in [4.69, 9.17) is 5.73 Å². The van der Waals surface area contributed by atoms with Crippen LogP contribution >= 0.6 is 0 Å². The third-order valence-electron chi connectivity index (χ3n) is 4.84. The molecule has 2 heteroatoms. The Morgan fingerprint density at radius 2 is 2.00 bits per heavy atom. The zero-order chi connectivity index (χ0) is 12.5. The van der Waals surface area contributed by atoms with Crippen LogP contribution in [0.3, 0.4) is 0 Å². The van der Waals surface area contributed by atoms with Gasteiger partial charge in [-0.3, -0.25) is 4.90 Å². The van der Waals surface area contributed by atoms with Crippen molar-refractivity contribution in [2.75, 3.05) is 13.1 Å². The smallest absolute Gasteiger partial charge is 0.0139 e. The minimum absolute atomic E-state index is 0.353. The Morgan fingerprint density at radius 3 is 2.72 bits per heavy atom. The van der Waals surface area contributed by atoms with Crippen LogP contribution in [0, 0.1) is 5.92 Å². The van der Waals surface area contributed by atoms with E-state index in [9.17, 15) is 0 Å². The summed E-state index contributed by atoms with van der Waals surface area (Å²) in [5.74, 6) is 0.710. The van der Waals surface area contributed by atoms with Gasteiger partial charge in [-0.1, -0.05) is 24.3 Å². The molecule has 2 aliphatic rings. The van der Waals surface area contributed by atoms with Crippen molar-refractivity contribution in [1.29, 1.82) is 0 Å². The van der Waals surface area contributed by atoms with Crippen molar-refractivity contribution in [2.24, 2.45) is 11.7 Å². The standard InChI is InChI=1S/C16H24N2/c1-12(17)15-8-9-18(11-15)16-7-6-13-4-2-3-5-14(13)10-16/h2-5,12,15-16H,6-11,17H2,1H3. The fourth-order valence-corrected chi connectivity index (χ4v) is 3.57. The van der Waals surface area contributed by atoms with Crippen molar-refractivity contribution in [3.8, 4) is 0 Å². The second-order valence-corrected chi connectivity index (χ2v) is 6.07. The summed E-state index contributed by atoms with van der Waals surface area (Å²) in [5.41, 5.74) is 9.17. The van der Waals surface area contributed by atoms with E-state index >= 15 is 0 Å². The summed E-state index contributed by atoms with van der Waals surface area (Å²) in [4.78, 5) is 2.68. The lowest BCUT2D eigenvalue weighted by Gasteiger charge is -2.32. The number of rotatable bonds is 2. The summed E-state index contributed by atoms with van der Waals surface area (Å²) in [6.07, 6.45) is 5.10. The van der Waals surface area contributed by atoms with E-state index in [2.05, 4.69) is 36.1 Å². The van der Waals surface area contributed by atoms with E-state index in [1.54, 1.807) is 11.1 Å². The number of fused-ring (bicyclic) bond motifs is 1. The Kier molecular flexibility index (Phi) is 3.40. The molecule has 1 aromatic rings. The number of benzene rings is 1. The summed E-state index contributed by atoms with van der Waals surface area (Å²) in [5, 5.41) is 0. The third kappa shape index (κ3) is 2.32. The highest BCUT2D eigenvalue weighted by atomic mass is 15.2. The number of hydrogen-bond acceptors (Lipinski definition) is 2. The van der Waals surface area contributed by atoms with Crippen LogP contribution < -0.4 is 5.73 Å². The molecular weight excluding hydrogens is 220 g/mol. The molecule has 98 valence electrons. The largest absolute Gasteiger partial charge is 0.328 e. The van der Waals surface area contributed by atoms with E-state index in [0.717, 1.165) is 6.04 Å². The number of aryl methyl sites for hydroxylation is 1. The molecule has 1 aliphatic heterocycles. The zero-order valence-electron chi connectivity index (χ0n) is 11.3. The quantitative estimate of drug-likeness (QED) is 0.864. The summed E-state index contributed by atoms with van der Waals surface area (Å²) in [6.45, 7) is 4.62. The van der Waals surface area contributed by atoms with Gasteiger partial charge >= 0.3 is 0 Å². The van der Waals surface area contributed by atoms with Crippen LogP contribution in [0.5, 0.6) is 0 Å². The average molecular weight is 244 g/mol. The Labute approximate surface area is 110 Å².